The third-order valence-corrected chi connectivity index (χ3v) is 2.91. The molecule has 0 N–H and O–H groups in total. The van der Waals surface area contributed by atoms with Gasteiger partial charge in [0.15, 0.2) is 0 Å². The fourth-order valence-electron chi connectivity index (χ4n) is 2.04. The zero-order valence-corrected chi connectivity index (χ0v) is 8.85. The number of aromatic nitrogens is 1. The molecular weight excluding hydrogens is 188 g/mol. The number of rotatable bonds is 3. The summed E-state index contributed by atoms with van der Waals surface area (Å²) in [6, 6.07) is 1.78. The van der Waals surface area contributed by atoms with Gasteiger partial charge in [0.1, 0.15) is 6.29 Å². The Kier molecular flexibility index (Phi) is 3.45. The number of aldehydes is 1. The highest BCUT2D eigenvalue weighted by Gasteiger charge is 2.12. The van der Waals surface area contributed by atoms with Crippen LogP contribution in [0.2, 0.25) is 0 Å². The third-order valence-electron chi connectivity index (χ3n) is 2.91. The van der Waals surface area contributed by atoms with Gasteiger partial charge < -0.3 is 0 Å². The quantitative estimate of drug-likeness (QED) is 0.705. The van der Waals surface area contributed by atoms with E-state index in [2.05, 4.69) is 9.88 Å². The van der Waals surface area contributed by atoms with Crippen LogP contribution in [0.25, 0.3) is 0 Å². The summed E-state index contributed by atoms with van der Waals surface area (Å²) in [5.74, 6) is 0. The SMILES string of the molecule is O=Cc1ccncc1CN1CCCCC1. The summed E-state index contributed by atoms with van der Waals surface area (Å²) in [5, 5.41) is 0. The maximum absolute atomic E-state index is 10.8. The van der Waals surface area contributed by atoms with Gasteiger partial charge >= 0.3 is 0 Å². The van der Waals surface area contributed by atoms with Gasteiger partial charge in [-0.25, -0.2) is 0 Å². The second-order valence-corrected chi connectivity index (χ2v) is 4.03. The summed E-state index contributed by atoms with van der Waals surface area (Å²) in [4.78, 5) is 17.3. The van der Waals surface area contributed by atoms with E-state index in [1.807, 2.05) is 0 Å². The standard InChI is InChI=1S/C12H16N2O/c15-10-11-4-5-13-8-12(11)9-14-6-2-1-3-7-14/h4-5,8,10H,1-3,6-7,9H2. The molecule has 15 heavy (non-hydrogen) atoms. The second-order valence-electron chi connectivity index (χ2n) is 4.03. The minimum absolute atomic E-state index is 0.774. The zero-order valence-electron chi connectivity index (χ0n) is 8.85. The fourth-order valence-corrected chi connectivity index (χ4v) is 2.04. The van der Waals surface area contributed by atoms with Gasteiger partial charge in [-0.15, -0.1) is 0 Å². The van der Waals surface area contributed by atoms with E-state index in [-0.39, 0.29) is 0 Å². The van der Waals surface area contributed by atoms with Gasteiger partial charge in [-0.1, -0.05) is 6.42 Å². The first kappa shape index (κ1) is 10.3. The predicted octanol–water partition coefficient (Wildman–Crippen LogP) is 1.88. The minimum Gasteiger partial charge on any atom is -0.299 e. The van der Waals surface area contributed by atoms with E-state index in [9.17, 15) is 4.79 Å². The molecule has 3 nitrogen and oxygen atoms in total. The summed E-state index contributed by atoms with van der Waals surface area (Å²) in [6.07, 6.45) is 8.28. The minimum atomic E-state index is 0.774. The molecule has 0 bridgehead atoms. The Hall–Kier alpha value is -1.22. The molecule has 0 unspecified atom stereocenters. The maximum atomic E-state index is 10.8. The van der Waals surface area contributed by atoms with Crippen molar-refractivity contribution < 1.29 is 4.79 Å². The smallest absolute Gasteiger partial charge is 0.150 e. The Morgan fingerprint density at radius 2 is 2.13 bits per heavy atom. The van der Waals surface area contributed by atoms with Crippen LogP contribution in [-0.2, 0) is 6.54 Å². The van der Waals surface area contributed by atoms with Crippen LogP contribution in [0.15, 0.2) is 18.5 Å². The molecule has 3 heteroatoms. The Morgan fingerprint density at radius 3 is 2.87 bits per heavy atom. The molecule has 0 atom stereocenters. The van der Waals surface area contributed by atoms with Gasteiger partial charge in [0, 0.05) is 24.5 Å². The number of hydrogen-bond acceptors (Lipinski definition) is 3. The Morgan fingerprint density at radius 1 is 1.33 bits per heavy atom. The van der Waals surface area contributed by atoms with Crippen molar-refractivity contribution in [3.8, 4) is 0 Å². The van der Waals surface area contributed by atoms with E-state index in [1.54, 1.807) is 18.5 Å². The van der Waals surface area contributed by atoms with Crippen molar-refractivity contribution in [2.24, 2.45) is 0 Å². The van der Waals surface area contributed by atoms with Gasteiger partial charge in [0.2, 0.25) is 0 Å². The first-order valence-corrected chi connectivity index (χ1v) is 5.50. The molecular formula is C12H16N2O. The van der Waals surface area contributed by atoms with E-state index in [0.717, 1.165) is 37.0 Å². The van der Waals surface area contributed by atoms with Gasteiger partial charge in [-0.3, -0.25) is 14.7 Å². The van der Waals surface area contributed by atoms with Crippen molar-refractivity contribution in [3.05, 3.63) is 29.6 Å². The Labute approximate surface area is 90.1 Å². The first-order valence-electron chi connectivity index (χ1n) is 5.50. The van der Waals surface area contributed by atoms with Crippen LogP contribution in [0.1, 0.15) is 35.2 Å². The number of hydrogen-bond donors (Lipinski definition) is 0. The van der Waals surface area contributed by atoms with Gasteiger partial charge in [0.25, 0.3) is 0 Å². The van der Waals surface area contributed by atoms with Crippen molar-refractivity contribution in [2.75, 3.05) is 13.1 Å². The highest BCUT2D eigenvalue weighted by Crippen LogP contribution is 2.14. The number of likely N-dealkylation sites (tertiary alicyclic amines) is 1. The molecule has 0 radical (unpaired) electrons. The van der Waals surface area contributed by atoms with Crippen LogP contribution >= 0.6 is 0 Å². The van der Waals surface area contributed by atoms with E-state index in [4.69, 9.17) is 0 Å². The Balaban J connectivity index is 2.05. The molecule has 2 heterocycles. The van der Waals surface area contributed by atoms with Crippen molar-refractivity contribution >= 4 is 6.29 Å². The second kappa shape index (κ2) is 5.03. The number of pyridine rings is 1. The topological polar surface area (TPSA) is 33.2 Å². The van der Waals surface area contributed by atoms with Crippen LogP contribution in [0.3, 0.4) is 0 Å². The van der Waals surface area contributed by atoms with E-state index in [1.165, 1.54) is 19.3 Å². The average Bonchev–Trinajstić information content (AvgIpc) is 2.31. The van der Waals surface area contributed by atoms with Gasteiger partial charge in [-0.05, 0) is 37.6 Å². The Bertz CT molecular complexity index is 332. The monoisotopic (exact) mass is 204 g/mol. The van der Waals surface area contributed by atoms with Gasteiger partial charge in [-0.2, -0.15) is 0 Å². The van der Waals surface area contributed by atoms with Gasteiger partial charge in [0.05, 0.1) is 0 Å². The molecule has 1 fully saturated rings. The fraction of sp³-hybridized carbons (Fsp3) is 0.500. The number of carbonyl (C=O) groups excluding carboxylic acids is 1. The summed E-state index contributed by atoms with van der Waals surface area (Å²) in [5.41, 5.74) is 1.82. The molecule has 1 aromatic rings. The molecule has 1 aromatic heterocycles. The maximum Gasteiger partial charge on any atom is 0.150 e. The van der Waals surface area contributed by atoms with Crippen molar-refractivity contribution in [1.29, 1.82) is 0 Å². The summed E-state index contributed by atoms with van der Waals surface area (Å²) in [7, 11) is 0. The molecule has 80 valence electrons. The van der Waals surface area contributed by atoms with Crippen LogP contribution < -0.4 is 0 Å². The van der Waals surface area contributed by atoms with Crippen molar-refractivity contribution in [2.45, 2.75) is 25.8 Å². The normalized spacial score (nSPS) is 17.6. The summed E-state index contributed by atoms with van der Waals surface area (Å²) >= 11 is 0. The average molecular weight is 204 g/mol. The first-order chi connectivity index (χ1) is 7.40. The molecule has 0 amide bonds. The zero-order chi connectivity index (χ0) is 10.5. The van der Waals surface area contributed by atoms with E-state index < -0.39 is 0 Å². The lowest BCUT2D eigenvalue weighted by molar-refractivity contribution is 0.112. The molecule has 0 saturated carbocycles. The van der Waals surface area contributed by atoms with Crippen molar-refractivity contribution in [1.82, 2.24) is 9.88 Å². The molecule has 1 aliphatic rings. The predicted molar refractivity (Wildman–Crippen MR) is 58.8 cm³/mol. The van der Waals surface area contributed by atoms with E-state index in [0.29, 0.717) is 0 Å². The lowest BCUT2D eigenvalue weighted by Gasteiger charge is -2.26. The van der Waals surface area contributed by atoms with Crippen LogP contribution in [0, 0.1) is 0 Å². The number of piperidine rings is 1. The molecule has 0 spiro atoms. The van der Waals surface area contributed by atoms with Crippen LogP contribution in [0.5, 0.6) is 0 Å². The number of nitrogens with zero attached hydrogens (tertiary/aromatic N) is 2. The third kappa shape index (κ3) is 2.63. The molecule has 2 rings (SSSR count). The largest absolute Gasteiger partial charge is 0.299 e. The molecule has 1 saturated heterocycles. The van der Waals surface area contributed by atoms with Crippen LogP contribution in [0.4, 0.5) is 0 Å². The molecule has 0 aromatic carbocycles. The number of carbonyl (C=O) groups is 1. The van der Waals surface area contributed by atoms with Crippen LogP contribution in [-0.4, -0.2) is 29.3 Å². The lowest BCUT2D eigenvalue weighted by Crippen LogP contribution is -2.29. The molecule has 0 aliphatic carbocycles. The van der Waals surface area contributed by atoms with E-state index >= 15 is 0 Å². The summed E-state index contributed by atoms with van der Waals surface area (Å²) < 4.78 is 0. The summed E-state index contributed by atoms with van der Waals surface area (Å²) in [6.45, 7) is 3.16. The van der Waals surface area contributed by atoms with Crippen molar-refractivity contribution in [3.63, 3.8) is 0 Å². The highest BCUT2D eigenvalue weighted by molar-refractivity contribution is 5.76. The highest BCUT2D eigenvalue weighted by atomic mass is 16.1. The molecule has 1 aliphatic heterocycles. The lowest BCUT2D eigenvalue weighted by atomic mass is 10.1.